The lowest BCUT2D eigenvalue weighted by Crippen LogP contribution is -2.55. The molecule has 1 fully saturated rings. The molecule has 6 heteroatoms. The topological polar surface area (TPSA) is 58.4 Å². The largest absolute Gasteiger partial charge is 0.392 e. The lowest BCUT2D eigenvalue weighted by molar-refractivity contribution is -0.126. The number of thiocarbonyl (C=S) groups is 1. The molecule has 1 saturated heterocycles. The average Bonchev–Trinajstić information content (AvgIpc) is 2.46. The molecule has 0 aromatic carbocycles. The number of likely N-dealkylation sites (tertiary alicyclic amines) is 1. The summed E-state index contributed by atoms with van der Waals surface area (Å²) >= 11 is 6.98. The molecule has 0 saturated carbocycles. The van der Waals surface area contributed by atoms with Gasteiger partial charge in [-0.3, -0.25) is 9.69 Å². The Morgan fingerprint density at radius 1 is 1.43 bits per heavy atom. The highest BCUT2D eigenvalue weighted by Crippen LogP contribution is 2.35. The summed E-state index contributed by atoms with van der Waals surface area (Å²) in [6.45, 7) is 7.93. The van der Waals surface area contributed by atoms with E-state index in [1.54, 1.807) is 11.8 Å². The SMILES string of the molecule is CCCC(C)NC(=O)C(C)N1CCC(SC)(C(N)=S)CC1. The third kappa shape index (κ3) is 4.83. The maximum Gasteiger partial charge on any atom is 0.237 e. The molecule has 4 nitrogen and oxygen atoms in total. The molecule has 1 amide bonds. The molecule has 0 aliphatic carbocycles. The maximum absolute atomic E-state index is 12.3. The summed E-state index contributed by atoms with van der Waals surface area (Å²) in [4.78, 5) is 15.1. The van der Waals surface area contributed by atoms with Gasteiger partial charge >= 0.3 is 0 Å². The lowest BCUT2D eigenvalue weighted by Gasteiger charge is -2.42. The van der Waals surface area contributed by atoms with Gasteiger partial charge in [-0.1, -0.05) is 25.6 Å². The molecule has 3 N–H and O–H groups in total. The Labute approximate surface area is 138 Å². The van der Waals surface area contributed by atoms with Crippen LogP contribution >= 0.6 is 24.0 Å². The van der Waals surface area contributed by atoms with Gasteiger partial charge in [-0.2, -0.15) is 11.8 Å². The molecule has 0 spiro atoms. The zero-order valence-electron chi connectivity index (χ0n) is 13.6. The second kappa shape index (κ2) is 8.34. The molecule has 122 valence electrons. The van der Waals surface area contributed by atoms with Crippen molar-refractivity contribution in [2.75, 3.05) is 19.3 Å². The van der Waals surface area contributed by atoms with Gasteiger partial charge in [0, 0.05) is 19.1 Å². The molecule has 0 aromatic rings. The van der Waals surface area contributed by atoms with E-state index in [0.717, 1.165) is 38.8 Å². The Kier molecular flexibility index (Phi) is 7.44. The fourth-order valence-electron chi connectivity index (χ4n) is 2.86. The Balaban J connectivity index is 2.53. The van der Waals surface area contributed by atoms with Crippen molar-refractivity contribution in [1.82, 2.24) is 10.2 Å². The van der Waals surface area contributed by atoms with Crippen LogP contribution < -0.4 is 11.1 Å². The van der Waals surface area contributed by atoms with Crippen LogP contribution in [0.5, 0.6) is 0 Å². The first-order valence-corrected chi connectivity index (χ1v) is 9.39. The van der Waals surface area contributed by atoms with Crippen molar-refractivity contribution in [3.8, 4) is 0 Å². The Morgan fingerprint density at radius 3 is 2.43 bits per heavy atom. The zero-order chi connectivity index (χ0) is 16.0. The fourth-order valence-corrected chi connectivity index (χ4v) is 4.10. The van der Waals surface area contributed by atoms with Crippen LogP contribution in [0.15, 0.2) is 0 Å². The number of nitrogens with one attached hydrogen (secondary N) is 1. The van der Waals surface area contributed by atoms with E-state index in [0.29, 0.717) is 4.99 Å². The minimum atomic E-state index is -0.0875. The Morgan fingerprint density at radius 2 is 2.00 bits per heavy atom. The molecule has 0 radical (unpaired) electrons. The van der Waals surface area contributed by atoms with Gasteiger partial charge in [0.15, 0.2) is 0 Å². The number of rotatable bonds is 7. The molecule has 0 bridgehead atoms. The van der Waals surface area contributed by atoms with Crippen LogP contribution in [-0.2, 0) is 4.79 Å². The monoisotopic (exact) mass is 331 g/mol. The van der Waals surface area contributed by atoms with Crippen LogP contribution in [0.4, 0.5) is 0 Å². The summed E-state index contributed by atoms with van der Waals surface area (Å²) in [7, 11) is 0. The van der Waals surface area contributed by atoms with Crippen LogP contribution in [0.1, 0.15) is 46.5 Å². The van der Waals surface area contributed by atoms with Crippen LogP contribution in [0.25, 0.3) is 0 Å². The molecule has 2 atom stereocenters. The molecule has 1 aliphatic rings. The second-order valence-corrected chi connectivity index (χ2v) is 7.60. The Hall–Kier alpha value is -0.330. The highest BCUT2D eigenvalue weighted by molar-refractivity contribution is 8.02. The van der Waals surface area contributed by atoms with Crippen LogP contribution in [0.3, 0.4) is 0 Å². The van der Waals surface area contributed by atoms with E-state index in [-0.39, 0.29) is 22.7 Å². The molecule has 1 aliphatic heterocycles. The summed E-state index contributed by atoms with van der Waals surface area (Å²) in [5.41, 5.74) is 5.91. The molecule has 1 rings (SSSR count). The molecule has 2 unspecified atom stereocenters. The van der Waals surface area contributed by atoms with Gasteiger partial charge in [0.25, 0.3) is 0 Å². The number of nitrogens with two attached hydrogens (primary N) is 1. The van der Waals surface area contributed by atoms with Crippen molar-refractivity contribution in [1.29, 1.82) is 0 Å². The van der Waals surface area contributed by atoms with Gasteiger partial charge in [0.2, 0.25) is 5.91 Å². The number of amides is 1. The van der Waals surface area contributed by atoms with Crippen molar-refractivity contribution in [2.45, 2.75) is 63.3 Å². The number of carbonyl (C=O) groups excluding carboxylic acids is 1. The van der Waals surface area contributed by atoms with Gasteiger partial charge in [0.05, 0.1) is 15.8 Å². The van der Waals surface area contributed by atoms with Gasteiger partial charge in [-0.25, -0.2) is 0 Å². The van der Waals surface area contributed by atoms with Gasteiger partial charge in [-0.15, -0.1) is 0 Å². The number of nitrogens with zero attached hydrogens (tertiary/aromatic N) is 1. The standard InChI is InChI=1S/C15H29N3OS2/c1-5-6-11(2)17-13(19)12(3)18-9-7-15(21-4,8-10-18)14(16)20/h11-12H,5-10H2,1-4H3,(H2,16,20)(H,17,19). The van der Waals surface area contributed by atoms with Crippen molar-refractivity contribution in [3.63, 3.8) is 0 Å². The first-order chi connectivity index (χ1) is 9.86. The summed E-state index contributed by atoms with van der Waals surface area (Å²) in [5.74, 6) is 0.128. The first-order valence-electron chi connectivity index (χ1n) is 7.75. The molecule has 1 heterocycles. The van der Waals surface area contributed by atoms with E-state index >= 15 is 0 Å². The normalized spacial score (nSPS) is 21.5. The highest BCUT2D eigenvalue weighted by atomic mass is 32.2. The minimum absolute atomic E-state index is 0.0858. The van der Waals surface area contributed by atoms with E-state index in [2.05, 4.69) is 30.3 Å². The van der Waals surface area contributed by atoms with E-state index in [1.165, 1.54) is 0 Å². The van der Waals surface area contributed by atoms with E-state index in [1.807, 2.05) is 6.92 Å². The predicted molar refractivity (Wildman–Crippen MR) is 95.8 cm³/mol. The molecule has 21 heavy (non-hydrogen) atoms. The smallest absolute Gasteiger partial charge is 0.237 e. The lowest BCUT2D eigenvalue weighted by atomic mass is 9.94. The van der Waals surface area contributed by atoms with E-state index in [9.17, 15) is 4.79 Å². The highest BCUT2D eigenvalue weighted by Gasteiger charge is 2.38. The second-order valence-electron chi connectivity index (χ2n) is 5.97. The summed E-state index contributed by atoms with van der Waals surface area (Å²) in [6, 6.07) is 0.159. The number of piperidine rings is 1. The number of hydrogen-bond donors (Lipinski definition) is 2. The fraction of sp³-hybridized carbons (Fsp3) is 0.867. The summed E-state index contributed by atoms with van der Waals surface area (Å²) in [5, 5.41) is 3.10. The van der Waals surface area contributed by atoms with Crippen LogP contribution in [-0.4, -0.2) is 52.0 Å². The quantitative estimate of drug-likeness (QED) is 0.700. The van der Waals surface area contributed by atoms with E-state index < -0.39 is 0 Å². The molecule has 0 aromatic heterocycles. The van der Waals surface area contributed by atoms with Crippen LogP contribution in [0, 0.1) is 0 Å². The maximum atomic E-state index is 12.3. The number of hydrogen-bond acceptors (Lipinski definition) is 4. The molecular formula is C15H29N3OS2. The molecular weight excluding hydrogens is 302 g/mol. The van der Waals surface area contributed by atoms with Crippen molar-refractivity contribution >= 4 is 34.9 Å². The zero-order valence-corrected chi connectivity index (χ0v) is 15.3. The van der Waals surface area contributed by atoms with Gasteiger partial charge in [0.1, 0.15) is 0 Å². The summed E-state index contributed by atoms with van der Waals surface area (Å²) < 4.78 is -0.0858. The third-order valence-corrected chi connectivity index (χ3v) is 6.41. The number of carbonyl (C=O) groups is 1. The van der Waals surface area contributed by atoms with Gasteiger partial charge < -0.3 is 11.1 Å². The summed E-state index contributed by atoms with van der Waals surface area (Å²) in [6.07, 6.45) is 6.02. The third-order valence-electron chi connectivity index (χ3n) is 4.48. The Bertz CT molecular complexity index is 368. The van der Waals surface area contributed by atoms with Crippen molar-refractivity contribution < 1.29 is 4.79 Å². The first kappa shape index (κ1) is 18.7. The van der Waals surface area contributed by atoms with E-state index in [4.69, 9.17) is 18.0 Å². The number of thioether (sulfide) groups is 1. The predicted octanol–water partition coefficient (Wildman–Crippen LogP) is 2.16. The van der Waals surface area contributed by atoms with Crippen molar-refractivity contribution in [3.05, 3.63) is 0 Å². The van der Waals surface area contributed by atoms with Crippen molar-refractivity contribution in [2.24, 2.45) is 5.73 Å². The average molecular weight is 332 g/mol. The minimum Gasteiger partial charge on any atom is -0.392 e. The van der Waals surface area contributed by atoms with Crippen LogP contribution in [0.2, 0.25) is 0 Å². The van der Waals surface area contributed by atoms with Gasteiger partial charge in [-0.05, 0) is 39.4 Å².